The monoisotopic (exact) mass is 337 g/mol. The average molecular weight is 337 g/mol. The minimum absolute atomic E-state index is 0.0306. The third-order valence-electron chi connectivity index (χ3n) is 3.63. The van der Waals surface area contributed by atoms with Crippen molar-refractivity contribution in [2.45, 2.75) is 27.2 Å². The molecule has 0 aliphatic rings. The molecule has 2 heterocycles. The second kappa shape index (κ2) is 6.93. The number of nitrogens with zero attached hydrogens (tertiary/aromatic N) is 2. The molecule has 0 fully saturated rings. The first-order valence-electron chi connectivity index (χ1n) is 7.86. The lowest BCUT2D eigenvalue weighted by Gasteiger charge is -2.05. The zero-order chi connectivity index (χ0) is 17.1. The molecule has 1 amide bonds. The molecular formula is C19H19N3OS. The Balaban J connectivity index is 2.13. The van der Waals surface area contributed by atoms with Gasteiger partial charge in [-0.2, -0.15) is 0 Å². The van der Waals surface area contributed by atoms with E-state index in [1.807, 2.05) is 19.1 Å². The topological polar surface area (TPSA) is 54.9 Å². The van der Waals surface area contributed by atoms with E-state index in [9.17, 15) is 4.79 Å². The van der Waals surface area contributed by atoms with E-state index >= 15 is 0 Å². The fourth-order valence-electron chi connectivity index (χ4n) is 2.59. The number of aromatic nitrogens is 2. The van der Waals surface area contributed by atoms with Crippen molar-refractivity contribution in [2.24, 2.45) is 0 Å². The maximum absolute atomic E-state index is 11.7. The SMILES string of the molecule is CCC(=O)Nc1nc(-c2cc(C)cc(C)c2)c(-c2ccncc2)s1. The van der Waals surface area contributed by atoms with E-state index in [0.29, 0.717) is 11.6 Å². The van der Waals surface area contributed by atoms with Crippen LogP contribution >= 0.6 is 11.3 Å². The summed E-state index contributed by atoms with van der Waals surface area (Å²) >= 11 is 1.49. The van der Waals surface area contributed by atoms with Gasteiger partial charge in [0.05, 0.1) is 10.6 Å². The first kappa shape index (κ1) is 16.3. The summed E-state index contributed by atoms with van der Waals surface area (Å²) in [6, 6.07) is 10.3. The highest BCUT2D eigenvalue weighted by molar-refractivity contribution is 7.19. The van der Waals surface area contributed by atoms with E-state index < -0.39 is 0 Å². The van der Waals surface area contributed by atoms with Gasteiger partial charge in [-0.25, -0.2) is 4.98 Å². The van der Waals surface area contributed by atoms with E-state index in [-0.39, 0.29) is 5.91 Å². The standard InChI is InChI=1S/C19H19N3OS/c1-4-16(23)21-19-22-17(15-10-12(2)9-13(3)11-15)18(24-19)14-5-7-20-8-6-14/h5-11H,4H2,1-3H3,(H,21,22,23). The second-order valence-electron chi connectivity index (χ2n) is 5.71. The molecule has 0 aliphatic carbocycles. The predicted octanol–water partition coefficient (Wildman–Crippen LogP) is 4.84. The van der Waals surface area contributed by atoms with Crippen LogP contribution in [0.5, 0.6) is 0 Å². The Morgan fingerprint density at radius 1 is 1.08 bits per heavy atom. The summed E-state index contributed by atoms with van der Waals surface area (Å²) < 4.78 is 0. The van der Waals surface area contributed by atoms with Crippen molar-refractivity contribution < 1.29 is 4.79 Å². The molecule has 3 aromatic rings. The summed E-state index contributed by atoms with van der Waals surface area (Å²) in [6.07, 6.45) is 3.97. The van der Waals surface area contributed by atoms with Crippen molar-refractivity contribution in [3.8, 4) is 21.7 Å². The molecule has 1 aromatic carbocycles. The number of hydrogen-bond donors (Lipinski definition) is 1. The third-order valence-corrected chi connectivity index (χ3v) is 4.65. The molecule has 122 valence electrons. The van der Waals surface area contributed by atoms with Gasteiger partial charge in [0.15, 0.2) is 5.13 Å². The van der Waals surface area contributed by atoms with Gasteiger partial charge in [0.2, 0.25) is 5.91 Å². The van der Waals surface area contributed by atoms with Gasteiger partial charge >= 0.3 is 0 Å². The lowest BCUT2D eigenvalue weighted by molar-refractivity contribution is -0.115. The minimum Gasteiger partial charge on any atom is -0.302 e. The van der Waals surface area contributed by atoms with Gasteiger partial charge in [-0.15, -0.1) is 0 Å². The smallest absolute Gasteiger partial charge is 0.225 e. The van der Waals surface area contributed by atoms with Gasteiger partial charge in [-0.05, 0) is 43.7 Å². The number of rotatable bonds is 4. The van der Waals surface area contributed by atoms with Crippen molar-refractivity contribution in [2.75, 3.05) is 5.32 Å². The van der Waals surface area contributed by atoms with Crippen molar-refractivity contribution in [1.82, 2.24) is 9.97 Å². The number of carbonyl (C=O) groups excluding carboxylic acids is 1. The number of thiazole rings is 1. The van der Waals surface area contributed by atoms with Crippen LogP contribution in [0.15, 0.2) is 42.7 Å². The molecule has 0 aliphatic heterocycles. The number of aryl methyl sites for hydroxylation is 2. The molecule has 0 atom stereocenters. The molecule has 0 bridgehead atoms. The molecule has 0 saturated carbocycles. The fourth-order valence-corrected chi connectivity index (χ4v) is 3.60. The molecule has 0 saturated heterocycles. The number of benzene rings is 1. The molecular weight excluding hydrogens is 318 g/mol. The number of pyridine rings is 1. The summed E-state index contributed by atoms with van der Waals surface area (Å²) in [5, 5.41) is 3.50. The van der Waals surface area contributed by atoms with Crippen LogP contribution in [0.2, 0.25) is 0 Å². The number of nitrogens with one attached hydrogen (secondary N) is 1. The minimum atomic E-state index is -0.0306. The second-order valence-corrected chi connectivity index (χ2v) is 6.71. The van der Waals surface area contributed by atoms with Gasteiger partial charge in [0.25, 0.3) is 0 Å². The summed E-state index contributed by atoms with van der Waals surface area (Å²) in [6.45, 7) is 5.99. The number of anilines is 1. The molecule has 2 aromatic heterocycles. The molecule has 24 heavy (non-hydrogen) atoms. The lowest BCUT2D eigenvalue weighted by Crippen LogP contribution is -2.08. The van der Waals surface area contributed by atoms with Crippen molar-refractivity contribution in [3.63, 3.8) is 0 Å². The van der Waals surface area contributed by atoms with Crippen LogP contribution in [0, 0.1) is 13.8 Å². The van der Waals surface area contributed by atoms with Crippen molar-refractivity contribution >= 4 is 22.4 Å². The Kier molecular flexibility index (Phi) is 4.71. The molecule has 0 spiro atoms. The lowest BCUT2D eigenvalue weighted by atomic mass is 10.0. The van der Waals surface area contributed by atoms with Crippen LogP contribution in [-0.4, -0.2) is 15.9 Å². The largest absolute Gasteiger partial charge is 0.302 e. The summed E-state index contributed by atoms with van der Waals surface area (Å²) in [5.41, 5.74) is 5.39. The average Bonchev–Trinajstić information content (AvgIpc) is 2.98. The van der Waals surface area contributed by atoms with Crippen LogP contribution in [0.1, 0.15) is 24.5 Å². The quantitative estimate of drug-likeness (QED) is 0.741. The van der Waals surface area contributed by atoms with Crippen molar-refractivity contribution in [1.29, 1.82) is 0 Å². The van der Waals surface area contributed by atoms with Gasteiger partial charge in [0.1, 0.15) is 0 Å². The number of amides is 1. The highest BCUT2D eigenvalue weighted by atomic mass is 32.1. The van der Waals surface area contributed by atoms with Gasteiger partial charge in [-0.1, -0.05) is 35.5 Å². The van der Waals surface area contributed by atoms with Crippen LogP contribution in [0.3, 0.4) is 0 Å². The maximum atomic E-state index is 11.7. The Hall–Kier alpha value is -2.53. The zero-order valence-corrected chi connectivity index (χ0v) is 14.8. The molecule has 0 unspecified atom stereocenters. The molecule has 4 nitrogen and oxygen atoms in total. The summed E-state index contributed by atoms with van der Waals surface area (Å²) in [5.74, 6) is -0.0306. The maximum Gasteiger partial charge on any atom is 0.225 e. The van der Waals surface area contributed by atoms with E-state index in [0.717, 1.165) is 21.7 Å². The third kappa shape index (κ3) is 3.51. The van der Waals surface area contributed by atoms with Gasteiger partial charge < -0.3 is 5.32 Å². The molecule has 1 N–H and O–H groups in total. The van der Waals surface area contributed by atoms with Crippen LogP contribution in [0.25, 0.3) is 21.7 Å². The molecule has 0 radical (unpaired) electrons. The predicted molar refractivity (Wildman–Crippen MR) is 99.2 cm³/mol. The highest BCUT2D eigenvalue weighted by Crippen LogP contribution is 2.39. The van der Waals surface area contributed by atoms with E-state index in [4.69, 9.17) is 4.98 Å². The normalized spacial score (nSPS) is 10.6. The van der Waals surface area contributed by atoms with Crippen molar-refractivity contribution in [3.05, 3.63) is 53.9 Å². The molecule has 5 heteroatoms. The molecule has 3 rings (SSSR count). The summed E-state index contributed by atoms with van der Waals surface area (Å²) in [7, 11) is 0. The van der Waals surface area contributed by atoms with Gasteiger partial charge in [-0.3, -0.25) is 9.78 Å². The Morgan fingerprint density at radius 3 is 2.38 bits per heavy atom. The Morgan fingerprint density at radius 2 is 1.75 bits per heavy atom. The van der Waals surface area contributed by atoms with E-state index in [2.05, 4.69) is 42.3 Å². The van der Waals surface area contributed by atoms with E-state index in [1.165, 1.54) is 22.5 Å². The Labute approximate surface area is 145 Å². The van der Waals surface area contributed by atoms with Crippen LogP contribution in [0.4, 0.5) is 5.13 Å². The van der Waals surface area contributed by atoms with Gasteiger partial charge in [0, 0.05) is 24.4 Å². The zero-order valence-electron chi connectivity index (χ0n) is 14.0. The highest BCUT2D eigenvalue weighted by Gasteiger charge is 2.16. The fraction of sp³-hybridized carbons (Fsp3) is 0.211. The van der Waals surface area contributed by atoms with Crippen LogP contribution < -0.4 is 5.32 Å². The van der Waals surface area contributed by atoms with E-state index in [1.54, 1.807) is 12.4 Å². The first-order chi connectivity index (χ1) is 11.6. The van der Waals surface area contributed by atoms with Crippen LogP contribution in [-0.2, 0) is 4.79 Å². The Bertz CT molecular complexity index is 851. The summed E-state index contributed by atoms with van der Waals surface area (Å²) in [4.78, 5) is 21.5. The number of hydrogen-bond acceptors (Lipinski definition) is 4. The first-order valence-corrected chi connectivity index (χ1v) is 8.68. The number of carbonyl (C=O) groups is 1.